The van der Waals surface area contributed by atoms with Crippen molar-refractivity contribution in [2.45, 2.75) is 6.92 Å². The number of para-hydroxylation sites is 1. The van der Waals surface area contributed by atoms with E-state index in [1.165, 1.54) is 0 Å². The highest BCUT2D eigenvalue weighted by atomic mass is 35.5. The van der Waals surface area contributed by atoms with Crippen LogP contribution in [0.2, 0.25) is 5.02 Å². The molecule has 0 bridgehead atoms. The molecule has 5 rings (SSSR count). The van der Waals surface area contributed by atoms with Gasteiger partial charge in [0, 0.05) is 29.4 Å². The Bertz CT molecular complexity index is 1320. The van der Waals surface area contributed by atoms with E-state index < -0.39 is 0 Å². The molecular weight excluding hydrogens is 466 g/mol. The average molecular weight is 490 g/mol. The van der Waals surface area contributed by atoms with Crippen LogP contribution in [0.1, 0.15) is 11.3 Å². The van der Waals surface area contributed by atoms with Gasteiger partial charge in [-0.3, -0.25) is 0 Å². The molecule has 0 atom stereocenters. The number of anilines is 4. The number of aromatic nitrogens is 3. The van der Waals surface area contributed by atoms with Gasteiger partial charge in [0.15, 0.2) is 0 Å². The van der Waals surface area contributed by atoms with E-state index in [9.17, 15) is 0 Å². The van der Waals surface area contributed by atoms with Crippen molar-refractivity contribution in [1.82, 2.24) is 15.0 Å². The summed E-state index contributed by atoms with van der Waals surface area (Å²) in [5.74, 6) is 2.58. The van der Waals surface area contributed by atoms with Gasteiger partial charge >= 0.3 is 0 Å². The van der Waals surface area contributed by atoms with Crippen molar-refractivity contribution < 1.29 is 9.15 Å². The van der Waals surface area contributed by atoms with Crippen LogP contribution in [0.25, 0.3) is 11.3 Å². The Kier molecular flexibility index (Phi) is 6.87. The second-order valence-electron chi connectivity index (χ2n) is 7.90. The zero-order valence-corrected chi connectivity index (χ0v) is 19.9. The van der Waals surface area contributed by atoms with Crippen LogP contribution in [-0.2, 0) is 4.74 Å². The molecule has 0 radical (unpaired) electrons. The number of aryl methyl sites for hydroxylation is 1. The Morgan fingerprint density at radius 1 is 0.971 bits per heavy atom. The van der Waals surface area contributed by atoms with Gasteiger partial charge in [-0.1, -0.05) is 35.9 Å². The molecule has 35 heavy (non-hydrogen) atoms. The van der Waals surface area contributed by atoms with E-state index >= 15 is 0 Å². The standard InChI is InChI=1S/C25H24ClN7O2/c1-17-7-8-18(26)15-21(17)22-10-9-20(35-22)16-27-32-24-29-23(28-19-5-3-2-4-6-19)30-25(31-24)33-11-13-34-14-12-33/h2-10,15-16H,11-14H2,1H3,(H2,28,29,30,31,32)/b27-16-. The lowest BCUT2D eigenvalue weighted by Gasteiger charge is -2.27. The van der Waals surface area contributed by atoms with Crippen LogP contribution in [-0.4, -0.2) is 47.5 Å². The molecule has 0 spiro atoms. The number of nitrogens with one attached hydrogen (secondary N) is 2. The van der Waals surface area contributed by atoms with Gasteiger partial charge in [-0.15, -0.1) is 0 Å². The molecule has 0 amide bonds. The highest BCUT2D eigenvalue weighted by Crippen LogP contribution is 2.28. The smallest absolute Gasteiger partial charge is 0.250 e. The molecule has 178 valence electrons. The monoisotopic (exact) mass is 489 g/mol. The van der Waals surface area contributed by atoms with Crippen molar-refractivity contribution in [1.29, 1.82) is 0 Å². The van der Waals surface area contributed by atoms with E-state index in [0.29, 0.717) is 54.9 Å². The Morgan fingerprint density at radius 2 is 1.77 bits per heavy atom. The summed E-state index contributed by atoms with van der Waals surface area (Å²) < 4.78 is 11.4. The normalized spacial score (nSPS) is 13.8. The van der Waals surface area contributed by atoms with Crippen molar-refractivity contribution in [3.8, 4) is 11.3 Å². The van der Waals surface area contributed by atoms with Gasteiger partial charge < -0.3 is 19.4 Å². The van der Waals surface area contributed by atoms with Crippen molar-refractivity contribution >= 4 is 41.3 Å². The first-order chi connectivity index (χ1) is 17.1. The highest BCUT2D eigenvalue weighted by molar-refractivity contribution is 6.30. The molecule has 0 saturated carbocycles. The SMILES string of the molecule is Cc1ccc(Cl)cc1-c1ccc(/C=N\Nc2nc(Nc3ccccc3)nc(N3CCOCC3)n2)o1. The predicted octanol–water partition coefficient (Wildman–Crippen LogP) is 5.12. The van der Waals surface area contributed by atoms with E-state index in [1.54, 1.807) is 6.21 Å². The first-order valence-electron chi connectivity index (χ1n) is 11.2. The van der Waals surface area contributed by atoms with Crippen LogP contribution < -0.4 is 15.6 Å². The molecule has 1 aliphatic rings. The van der Waals surface area contributed by atoms with Gasteiger partial charge in [-0.05, 0) is 48.9 Å². The Hall–Kier alpha value is -3.95. The molecule has 2 aromatic heterocycles. The zero-order valence-electron chi connectivity index (χ0n) is 19.1. The van der Waals surface area contributed by atoms with Crippen LogP contribution in [0.15, 0.2) is 70.2 Å². The van der Waals surface area contributed by atoms with Crippen LogP contribution in [0.5, 0.6) is 0 Å². The van der Waals surface area contributed by atoms with E-state index in [0.717, 1.165) is 22.6 Å². The molecule has 1 aliphatic heterocycles. The summed E-state index contributed by atoms with van der Waals surface area (Å²) in [6, 6.07) is 19.2. The molecule has 10 heteroatoms. The van der Waals surface area contributed by atoms with E-state index in [-0.39, 0.29) is 0 Å². The van der Waals surface area contributed by atoms with Crippen LogP contribution in [0.4, 0.5) is 23.5 Å². The minimum absolute atomic E-state index is 0.314. The molecule has 1 fully saturated rings. The summed E-state index contributed by atoms with van der Waals surface area (Å²) in [6.45, 7) is 4.67. The second-order valence-corrected chi connectivity index (χ2v) is 8.34. The van der Waals surface area contributed by atoms with Gasteiger partial charge in [-0.2, -0.15) is 20.1 Å². The van der Waals surface area contributed by atoms with Gasteiger partial charge in [0.1, 0.15) is 11.5 Å². The van der Waals surface area contributed by atoms with E-state index in [1.807, 2.05) is 67.6 Å². The number of hydrazone groups is 1. The summed E-state index contributed by atoms with van der Waals surface area (Å²) in [6.07, 6.45) is 1.58. The van der Waals surface area contributed by atoms with Crippen molar-refractivity contribution in [2.24, 2.45) is 5.10 Å². The van der Waals surface area contributed by atoms with Crippen molar-refractivity contribution in [3.05, 3.63) is 77.0 Å². The number of nitrogens with zero attached hydrogens (tertiary/aromatic N) is 5. The fraction of sp³-hybridized carbons (Fsp3) is 0.200. The molecule has 1 saturated heterocycles. The Balaban J connectivity index is 1.34. The highest BCUT2D eigenvalue weighted by Gasteiger charge is 2.17. The number of hydrogen-bond acceptors (Lipinski definition) is 9. The maximum atomic E-state index is 6.15. The summed E-state index contributed by atoms with van der Waals surface area (Å²) in [5, 5.41) is 8.15. The van der Waals surface area contributed by atoms with Crippen LogP contribution in [0.3, 0.4) is 0 Å². The van der Waals surface area contributed by atoms with Gasteiger partial charge in [0.05, 0.1) is 19.4 Å². The quantitative estimate of drug-likeness (QED) is 0.272. The molecule has 9 nitrogen and oxygen atoms in total. The van der Waals surface area contributed by atoms with E-state index in [4.69, 9.17) is 20.8 Å². The minimum Gasteiger partial charge on any atom is -0.455 e. The number of hydrogen-bond donors (Lipinski definition) is 2. The first-order valence-corrected chi connectivity index (χ1v) is 11.6. The molecule has 3 heterocycles. The number of rotatable bonds is 7. The number of benzene rings is 2. The third kappa shape index (κ3) is 5.76. The Morgan fingerprint density at radius 3 is 2.60 bits per heavy atom. The average Bonchev–Trinajstić information content (AvgIpc) is 3.35. The molecular formula is C25H24ClN7O2. The summed E-state index contributed by atoms with van der Waals surface area (Å²) in [4.78, 5) is 15.7. The molecule has 0 aliphatic carbocycles. The lowest BCUT2D eigenvalue weighted by Crippen LogP contribution is -2.37. The molecule has 4 aromatic rings. The van der Waals surface area contributed by atoms with Crippen molar-refractivity contribution in [2.75, 3.05) is 41.9 Å². The molecule has 0 unspecified atom stereocenters. The largest absolute Gasteiger partial charge is 0.455 e. The number of halogens is 1. The fourth-order valence-corrected chi connectivity index (χ4v) is 3.78. The van der Waals surface area contributed by atoms with Gasteiger partial charge in [0.25, 0.3) is 0 Å². The third-order valence-corrected chi connectivity index (χ3v) is 5.63. The lowest BCUT2D eigenvalue weighted by molar-refractivity contribution is 0.122. The maximum absolute atomic E-state index is 6.15. The minimum atomic E-state index is 0.314. The first kappa shape index (κ1) is 22.8. The van der Waals surface area contributed by atoms with Crippen LogP contribution >= 0.6 is 11.6 Å². The van der Waals surface area contributed by atoms with Gasteiger partial charge in [0.2, 0.25) is 17.8 Å². The van der Waals surface area contributed by atoms with E-state index in [2.05, 4.69) is 35.7 Å². The molecule has 2 N–H and O–H groups in total. The number of furan rings is 1. The second kappa shape index (κ2) is 10.5. The number of morpholine rings is 1. The zero-order chi connectivity index (χ0) is 24.0. The van der Waals surface area contributed by atoms with Crippen molar-refractivity contribution in [3.63, 3.8) is 0 Å². The van der Waals surface area contributed by atoms with Crippen LogP contribution in [0, 0.1) is 6.92 Å². The topological polar surface area (TPSA) is 101 Å². The predicted molar refractivity (Wildman–Crippen MR) is 138 cm³/mol. The Labute approximate surface area is 207 Å². The summed E-state index contributed by atoms with van der Waals surface area (Å²) >= 11 is 6.15. The maximum Gasteiger partial charge on any atom is 0.250 e. The fourth-order valence-electron chi connectivity index (χ4n) is 3.61. The number of ether oxygens (including phenoxy) is 1. The third-order valence-electron chi connectivity index (χ3n) is 5.40. The van der Waals surface area contributed by atoms with Gasteiger partial charge in [-0.25, -0.2) is 5.43 Å². The molecule has 2 aromatic carbocycles. The summed E-state index contributed by atoms with van der Waals surface area (Å²) in [5.41, 5.74) is 5.78. The summed E-state index contributed by atoms with van der Waals surface area (Å²) in [7, 11) is 0. The lowest BCUT2D eigenvalue weighted by atomic mass is 10.1.